The van der Waals surface area contributed by atoms with Gasteiger partial charge in [0.1, 0.15) is 11.4 Å². The SMILES string of the molecule is CC(O)(c1ccc(F)cc1)c1cccc(Cl)c1Cl. The molecule has 1 unspecified atom stereocenters. The van der Waals surface area contributed by atoms with E-state index < -0.39 is 5.60 Å². The molecule has 0 aromatic heterocycles. The van der Waals surface area contributed by atoms with Gasteiger partial charge in [0, 0.05) is 5.56 Å². The summed E-state index contributed by atoms with van der Waals surface area (Å²) in [4.78, 5) is 0. The number of hydrogen-bond acceptors (Lipinski definition) is 1. The van der Waals surface area contributed by atoms with E-state index in [2.05, 4.69) is 0 Å². The highest BCUT2D eigenvalue weighted by Gasteiger charge is 2.28. The molecule has 0 amide bonds. The molecule has 0 aliphatic heterocycles. The van der Waals surface area contributed by atoms with E-state index in [-0.39, 0.29) is 5.82 Å². The van der Waals surface area contributed by atoms with Crippen LogP contribution in [-0.2, 0) is 5.60 Å². The smallest absolute Gasteiger partial charge is 0.123 e. The molecular formula is C14H11Cl2FO. The molecule has 0 fully saturated rings. The highest BCUT2D eigenvalue weighted by Crippen LogP contribution is 2.37. The zero-order valence-electron chi connectivity index (χ0n) is 9.62. The summed E-state index contributed by atoms with van der Waals surface area (Å²) in [6.45, 7) is 1.60. The molecule has 1 atom stereocenters. The molecule has 1 N–H and O–H groups in total. The van der Waals surface area contributed by atoms with Crippen LogP contribution in [0.2, 0.25) is 10.0 Å². The van der Waals surface area contributed by atoms with Gasteiger partial charge in [-0.25, -0.2) is 4.39 Å². The maximum Gasteiger partial charge on any atom is 0.123 e. The van der Waals surface area contributed by atoms with E-state index in [4.69, 9.17) is 23.2 Å². The van der Waals surface area contributed by atoms with Crippen LogP contribution in [0.25, 0.3) is 0 Å². The number of aliphatic hydroxyl groups is 1. The fourth-order valence-corrected chi connectivity index (χ4v) is 2.29. The van der Waals surface area contributed by atoms with Crippen molar-refractivity contribution >= 4 is 23.2 Å². The predicted molar refractivity (Wildman–Crippen MR) is 71.5 cm³/mol. The van der Waals surface area contributed by atoms with Crippen LogP contribution in [0.3, 0.4) is 0 Å². The number of rotatable bonds is 2. The molecule has 0 aliphatic carbocycles. The molecule has 2 aromatic rings. The molecule has 0 radical (unpaired) electrons. The molecule has 94 valence electrons. The molecule has 1 nitrogen and oxygen atoms in total. The molecular weight excluding hydrogens is 274 g/mol. The third-order valence-corrected chi connectivity index (χ3v) is 3.70. The van der Waals surface area contributed by atoms with Gasteiger partial charge < -0.3 is 5.11 Å². The van der Waals surface area contributed by atoms with E-state index in [9.17, 15) is 9.50 Å². The molecule has 4 heteroatoms. The van der Waals surface area contributed by atoms with Gasteiger partial charge in [-0.2, -0.15) is 0 Å². The zero-order chi connectivity index (χ0) is 13.3. The van der Waals surface area contributed by atoms with Crippen molar-refractivity contribution in [3.05, 3.63) is 69.5 Å². The van der Waals surface area contributed by atoms with E-state index in [0.29, 0.717) is 21.2 Å². The van der Waals surface area contributed by atoms with Crippen molar-refractivity contribution in [3.63, 3.8) is 0 Å². The summed E-state index contributed by atoms with van der Waals surface area (Å²) in [6.07, 6.45) is 0. The normalized spacial score (nSPS) is 14.3. The average molecular weight is 285 g/mol. The fraction of sp³-hybridized carbons (Fsp3) is 0.143. The van der Waals surface area contributed by atoms with Gasteiger partial charge in [0.15, 0.2) is 0 Å². The van der Waals surface area contributed by atoms with Crippen LogP contribution in [-0.4, -0.2) is 5.11 Å². The van der Waals surface area contributed by atoms with Gasteiger partial charge >= 0.3 is 0 Å². The van der Waals surface area contributed by atoms with E-state index in [1.807, 2.05) is 0 Å². The summed E-state index contributed by atoms with van der Waals surface area (Å²) in [5, 5.41) is 11.3. The highest BCUT2D eigenvalue weighted by molar-refractivity contribution is 6.42. The lowest BCUT2D eigenvalue weighted by Gasteiger charge is -2.26. The van der Waals surface area contributed by atoms with E-state index in [1.165, 1.54) is 24.3 Å². The monoisotopic (exact) mass is 284 g/mol. The Morgan fingerprint density at radius 2 is 1.67 bits per heavy atom. The molecule has 2 aromatic carbocycles. The second-order valence-corrected chi connectivity index (χ2v) is 4.97. The average Bonchev–Trinajstić information content (AvgIpc) is 2.33. The summed E-state index contributed by atoms with van der Waals surface area (Å²) >= 11 is 12.0. The minimum Gasteiger partial charge on any atom is -0.381 e. The number of halogens is 3. The Kier molecular flexibility index (Phi) is 3.62. The van der Waals surface area contributed by atoms with Crippen molar-refractivity contribution < 1.29 is 9.50 Å². The van der Waals surface area contributed by atoms with Gasteiger partial charge in [0.05, 0.1) is 10.0 Å². The maximum atomic E-state index is 12.9. The highest BCUT2D eigenvalue weighted by atomic mass is 35.5. The minimum absolute atomic E-state index is 0.300. The van der Waals surface area contributed by atoms with Gasteiger partial charge in [0.25, 0.3) is 0 Å². The number of benzene rings is 2. The van der Waals surface area contributed by atoms with Crippen molar-refractivity contribution in [1.82, 2.24) is 0 Å². The van der Waals surface area contributed by atoms with E-state index >= 15 is 0 Å². The van der Waals surface area contributed by atoms with Crippen molar-refractivity contribution in [1.29, 1.82) is 0 Å². The molecule has 0 spiro atoms. The summed E-state index contributed by atoms with van der Waals surface area (Å²) in [7, 11) is 0. The third kappa shape index (κ3) is 2.37. The molecule has 18 heavy (non-hydrogen) atoms. The van der Waals surface area contributed by atoms with Crippen LogP contribution < -0.4 is 0 Å². The Morgan fingerprint density at radius 3 is 2.28 bits per heavy atom. The van der Waals surface area contributed by atoms with E-state index in [1.54, 1.807) is 25.1 Å². The molecule has 2 rings (SSSR count). The first kappa shape index (κ1) is 13.3. The maximum absolute atomic E-state index is 12.9. The largest absolute Gasteiger partial charge is 0.381 e. The Labute approximate surface area is 115 Å². The third-order valence-electron chi connectivity index (χ3n) is 2.88. The predicted octanol–water partition coefficient (Wildman–Crippen LogP) is 4.39. The van der Waals surface area contributed by atoms with Crippen LogP contribution in [0.4, 0.5) is 4.39 Å². The Morgan fingerprint density at radius 1 is 1.06 bits per heavy atom. The van der Waals surface area contributed by atoms with Crippen LogP contribution >= 0.6 is 23.2 Å². The second-order valence-electron chi connectivity index (χ2n) is 4.18. The molecule has 0 saturated carbocycles. The molecule has 0 heterocycles. The molecule has 0 saturated heterocycles. The second kappa shape index (κ2) is 4.88. The Balaban J connectivity index is 2.54. The first-order valence-corrected chi connectivity index (χ1v) is 6.11. The van der Waals surface area contributed by atoms with E-state index in [0.717, 1.165) is 0 Å². The Hall–Kier alpha value is -1.09. The minimum atomic E-state index is -1.32. The fourth-order valence-electron chi connectivity index (χ4n) is 1.81. The van der Waals surface area contributed by atoms with Crippen LogP contribution in [0.1, 0.15) is 18.1 Å². The van der Waals surface area contributed by atoms with Crippen molar-refractivity contribution in [2.75, 3.05) is 0 Å². The first-order chi connectivity index (χ1) is 8.43. The van der Waals surface area contributed by atoms with Gasteiger partial charge in [-0.3, -0.25) is 0 Å². The van der Waals surface area contributed by atoms with Crippen molar-refractivity contribution in [2.45, 2.75) is 12.5 Å². The summed E-state index contributed by atoms with van der Waals surface area (Å²) in [5.41, 5.74) is -0.285. The van der Waals surface area contributed by atoms with Gasteiger partial charge in [-0.15, -0.1) is 0 Å². The van der Waals surface area contributed by atoms with Gasteiger partial charge in [-0.1, -0.05) is 47.5 Å². The lowest BCUT2D eigenvalue weighted by atomic mass is 9.88. The quantitative estimate of drug-likeness (QED) is 0.867. The standard InChI is InChI=1S/C14H11Cl2FO/c1-14(18,9-5-7-10(17)8-6-9)11-3-2-4-12(15)13(11)16/h2-8,18H,1H3. The first-order valence-electron chi connectivity index (χ1n) is 5.36. The molecule has 0 aliphatic rings. The summed E-state index contributed by atoms with van der Waals surface area (Å²) < 4.78 is 12.9. The summed E-state index contributed by atoms with van der Waals surface area (Å²) in [5.74, 6) is -0.355. The number of hydrogen-bond donors (Lipinski definition) is 1. The van der Waals surface area contributed by atoms with Crippen LogP contribution in [0, 0.1) is 5.82 Å². The van der Waals surface area contributed by atoms with Crippen LogP contribution in [0.5, 0.6) is 0 Å². The summed E-state index contributed by atoms with van der Waals surface area (Å²) in [6, 6.07) is 10.7. The lowest BCUT2D eigenvalue weighted by Crippen LogP contribution is -2.23. The van der Waals surface area contributed by atoms with Crippen LogP contribution in [0.15, 0.2) is 42.5 Å². The lowest BCUT2D eigenvalue weighted by molar-refractivity contribution is 0.102. The zero-order valence-corrected chi connectivity index (χ0v) is 11.1. The topological polar surface area (TPSA) is 20.2 Å². The van der Waals surface area contributed by atoms with Gasteiger partial charge in [-0.05, 0) is 30.7 Å². The van der Waals surface area contributed by atoms with Crippen molar-refractivity contribution in [2.24, 2.45) is 0 Å². The Bertz CT molecular complexity index is 565. The van der Waals surface area contributed by atoms with Gasteiger partial charge in [0.2, 0.25) is 0 Å². The van der Waals surface area contributed by atoms with Crippen molar-refractivity contribution in [3.8, 4) is 0 Å². The molecule has 0 bridgehead atoms.